The number of rotatable bonds is 7. The molecule has 0 aliphatic carbocycles. The summed E-state index contributed by atoms with van der Waals surface area (Å²) in [6, 6.07) is 22.1. The van der Waals surface area contributed by atoms with Gasteiger partial charge < -0.3 is 15.9 Å². The largest absolute Gasteiger partial charge is 0.423 e. The molecule has 0 aromatic heterocycles. The Labute approximate surface area is 185 Å². The number of para-hydroxylation sites is 1. The molecule has 0 bridgehead atoms. The Morgan fingerprint density at radius 2 is 1.56 bits per heavy atom. The van der Waals surface area contributed by atoms with Crippen molar-refractivity contribution in [3.8, 4) is 5.75 Å². The number of ether oxygens (including phenoxy) is 1. The lowest BCUT2D eigenvalue weighted by molar-refractivity contribution is -0.128. The molecule has 0 aliphatic rings. The fourth-order valence-electron chi connectivity index (χ4n) is 2.92. The Balaban J connectivity index is 1.80. The summed E-state index contributed by atoms with van der Waals surface area (Å²) in [5, 5.41) is 6.29. The summed E-state index contributed by atoms with van der Waals surface area (Å²) in [4.78, 5) is 36.5. The highest BCUT2D eigenvalue weighted by Crippen LogP contribution is 2.22. The fraction of sp³-hybridized carbons (Fsp3) is 0.0400. The minimum atomic E-state index is -0.607. The average molecular weight is 427 g/mol. The molecule has 0 fully saturated rings. The number of Topliss-reactive ketones (excluding diaryl/α,β-unsaturated/α-hetero) is 1. The normalized spacial score (nSPS) is 11.2. The van der Waals surface area contributed by atoms with E-state index < -0.39 is 11.8 Å². The van der Waals surface area contributed by atoms with E-state index in [-0.39, 0.29) is 22.9 Å². The Morgan fingerprint density at radius 1 is 0.906 bits per heavy atom. The number of hydrazone groups is 1. The molecule has 0 saturated carbocycles. The van der Waals surface area contributed by atoms with Crippen molar-refractivity contribution in [3.05, 3.63) is 102 Å². The molecule has 0 aliphatic heterocycles. The first-order chi connectivity index (χ1) is 15.5. The van der Waals surface area contributed by atoms with Crippen LogP contribution < -0.4 is 15.9 Å². The molecule has 7 nitrogen and oxygen atoms in total. The van der Waals surface area contributed by atoms with Crippen LogP contribution in [0.25, 0.3) is 6.08 Å². The molecular formula is C25H21N3O4. The molecule has 1 amide bonds. The van der Waals surface area contributed by atoms with Gasteiger partial charge in [-0.1, -0.05) is 42.5 Å². The number of benzene rings is 3. The summed E-state index contributed by atoms with van der Waals surface area (Å²) >= 11 is 0. The van der Waals surface area contributed by atoms with Gasteiger partial charge in [0.1, 0.15) is 11.5 Å². The third kappa shape index (κ3) is 5.76. The number of anilines is 1. The first kappa shape index (κ1) is 22.2. The molecular weight excluding hydrogens is 406 g/mol. The van der Waals surface area contributed by atoms with Crippen molar-refractivity contribution >= 4 is 35.1 Å². The van der Waals surface area contributed by atoms with Gasteiger partial charge in [0, 0.05) is 29.8 Å². The predicted molar refractivity (Wildman–Crippen MR) is 123 cm³/mol. The van der Waals surface area contributed by atoms with Gasteiger partial charge in [0.25, 0.3) is 0 Å². The molecule has 3 N–H and O–H groups in total. The van der Waals surface area contributed by atoms with Gasteiger partial charge in [0.15, 0.2) is 0 Å². The van der Waals surface area contributed by atoms with Crippen LogP contribution in [0.15, 0.2) is 90.0 Å². The van der Waals surface area contributed by atoms with Crippen LogP contribution in [0.3, 0.4) is 0 Å². The summed E-state index contributed by atoms with van der Waals surface area (Å²) in [6.07, 6.45) is 2.93. The molecule has 0 heterocycles. The number of ketones is 1. The highest BCUT2D eigenvalue weighted by atomic mass is 16.5. The minimum absolute atomic E-state index is 0.0623. The van der Waals surface area contributed by atoms with Crippen molar-refractivity contribution in [2.24, 2.45) is 10.9 Å². The van der Waals surface area contributed by atoms with Crippen LogP contribution in [0.1, 0.15) is 28.4 Å². The Bertz CT molecular complexity index is 1180. The van der Waals surface area contributed by atoms with Gasteiger partial charge >= 0.3 is 5.97 Å². The molecule has 3 aromatic rings. The van der Waals surface area contributed by atoms with Crippen molar-refractivity contribution in [1.29, 1.82) is 0 Å². The van der Waals surface area contributed by atoms with Crippen LogP contribution in [0, 0.1) is 0 Å². The summed E-state index contributed by atoms with van der Waals surface area (Å²) in [5.74, 6) is 4.41. The van der Waals surface area contributed by atoms with Crippen molar-refractivity contribution in [1.82, 2.24) is 0 Å². The third-order valence-corrected chi connectivity index (χ3v) is 4.38. The monoisotopic (exact) mass is 427 g/mol. The number of carbonyl (C=O) groups excluding carboxylic acids is 3. The maximum atomic E-state index is 13.0. The molecule has 0 saturated heterocycles. The van der Waals surface area contributed by atoms with Gasteiger partial charge in [0.2, 0.25) is 11.7 Å². The maximum absolute atomic E-state index is 13.0. The van der Waals surface area contributed by atoms with Gasteiger partial charge in [-0.25, -0.2) is 4.79 Å². The van der Waals surface area contributed by atoms with Gasteiger partial charge in [0.05, 0.1) is 0 Å². The van der Waals surface area contributed by atoms with Crippen LogP contribution in [0.4, 0.5) is 5.69 Å². The Hall–Kier alpha value is -4.52. The zero-order valence-corrected chi connectivity index (χ0v) is 17.3. The number of nitrogens with zero attached hydrogens (tertiary/aromatic N) is 1. The van der Waals surface area contributed by atoms with Crippen molar-refractivity contribution < 1.29 is 19.1 Å². The Morgan fingerprint density at radius 3 is 2.22 bits per heavy atom. The first-order valence-electron chi connectivity index (χ1n) is 9.72. The lowest BCUT2D eigenvalue weighted by atomic mass is 9.99. The number of hydrogen-bond acceptors (Lipinski definition) is 6. The van der Waals surface area contributed by atoms with Crippen molar-refractivity contribution in [3.63, 3.8) is 0 Å². The second-order valence-electron chi connectivity index (χ2n) is 6.73. The highest BCUT2D eigenvalue weighted by molar-refractivity contribution is 6.51. The van der Waals surface area contributed by atoms with E-state index in [0.29, 0.717) is 11.3 Å². The molecule has 0 atom stereocenters. The third-order valence-electron chi connectivity index (χ3n) is 4.38. The maximum Gasteiger partial charge on any atom is 0.336 e. The average Bonchev–Trinajstić information content (AvgIpc) is 2.80. The molecule has 160 valence electrons. The van der Waals surface area contributed by atoms with E-state index in [0.717, 1.165) is 5.56 Å². The quantitative estimate of drug-likeness (QED) is 0.113. The molecule has 0 unspecified atom stereocenters. The molecule has 0 radical (unpaired) electrons. The number of carbonyl (C=O) groups is 3. The first-order valence-corrected chi connectivity index (χ1v) is 9.72. The van der Waals surface area contributed by atoms with E-state index >= 15 is 0 Å². The summed E-state index contributed by atoms with van der Waals surface area (Å²) < 4.78 is 5.44. The van der Waals surface area contributed by atoms with Crippen LogP contribution in [-0.2, 0) is 9.59 Å². The molecule has 3 rings (SSSR count). The standard InChI is InChI=1S/C25H21N3O4/c1-17(29)27-20-14-12-19(13-15-20)25(31)24(28-26)21-9-5-6-10-22(21)32-23(30)16-11-18-7-3-2-4-8-18/h2-16H,26H2,1H3,(H,27,29)/b16-11+,28-24+. The number of nitrogens with two attached hydrogens (primary N) is 1. The van der Waals surface area contributed by atoms with Crippen molar-refractivity contribution in [2.45, 2.75) is 6.92 Å². The molecule has 32 heavy (non-hydrogen) atoms. The number of nitrogens with one attached hydrogen (secondary N) is 1. The zero-order valence-electron chi connectivity index (χ0n) is 17.3. The van der Waals surface area contributed by atoms with E-state index in [1.807, 2.05) is 30.3 Å². The van der Waals surface area contributed by atoms with Gasteiger partial charge in [-0.3, -0.25) is 9.59 Å². The molecule has 7 heteroatoms. The van der Waals surface area contributed by atoms with E-state index in [4.69, 9.17) is 10.6 Å². The second-order valence-corrected chi connectivity index (χ2v) is 6.73. The van der Waals surface area contributed by atoms with Crippen LogP contribution in [-0.4, -0.2) is 23.4 Å². The van der Waals surface area contributed by atoms with E-state index in [1.54, 1.807) is 54.6 Å². The van der Waals surface area contributed by atoms with Crippen molar-refractivity contribution in [2.75, 3.05) is 5.32 Å². The zero-order chi connectivity index (χ0) is 22.9. The fourth-order valence-corrected chi connectivity index (χ4v) is 2.92. The number of amides is 1. The van der Waals surface area contributed by atoms with E-state index in [2.05, 4.69) is 10.4 Å². The number of esters is 1. The van der Waals surface area contributed by atoms with E-state index in [1.165, 1.54) is 13.0 Å². The smallest absolute Gasteiger partial charge is 0.336 e. The van der Waals surface area contributed by atoms with Gasteiger partial charge in [-0.15, -0.1) is 0 Å². The van der Waals surface area contributed by atoms with E-state index in [9.17, 15) is 14.4 Å². The van der Waals surface area contributed by atoms with Crippen LogP contribution >= 0.6 is 0 Å². The molecule has 3 aromatic carbocycles. The van der Waals surface area contributed by atoms with Crippen LogP contribution in [0.2, 0.25) is 0 Å². The second kappa shape index (κ2) is 10.5. The van der Waals surface area contributed by atoms with Gasteiger partial charge in [-0.2, -0.15) is 5.10 Å². The number of hydrogen-bond donors (Lipinski definition) is 2. The predicted octanol–water partition coefficient (Wildman–Crippen LogP) is 3.81. The summed E-state index contributed by atoms with van der Waals surface area (Å²) in [5.41, 5.74) is 1.94. The Kier molecular flexibility index (Phi) is 7.27. The summed E-state index contributed by atoms with van der Waals surface area (Å²) in [7, 11) is 0. The van der Waals surface area contributed by atoms with Crippen LogP contribution in [0.5, 0.6) is 5.75 Å². The lowest BCUT2D eigenvalue weighted by Gasteiger charge is -2.11. The van der Waals surface area contributed by atoms with Gasteiger partial charge in [-0.05, 0) is 48.0 Å². The molecule has 0 spiro atoms. The SMILES string of the molecule is CC(=O)Nc1ccc(C(=O)/C(=N/N)c2ccccc2OC(=O)/C=C/c2ccccc2)cc1. The highest BCUT2D eigenvalue weighted by Gasteiger charge is 2.21. The summed E-state index contributed by atoms with van der Waals surface area (Å²) in [6.45, 7) is 1.39. The topological polar surface area (TPSA) is 111 Å². The lowest BCUT2D eigenvalue weighted by Crippen LogP contribution is -2.20. The minimum Gasteiger partial charge on any atom is -0.423 e.